The third kappa shape index (κ3) is 3.10. The Kier molecular flexibility index (Phi) is 4.63. The quantitative estimate of drug-likeness (QED) is 0.867. The van der Waals surface area contributed by atoms with Crippen LogP contribution >= 0.6 is 15.9 Å². The summed E-state index contributed by atoms with van der Waals surface area (Å²) in [5.41, 5.74) is 8.59. The molecule has 0 aliphatic rings. The molecule has 0 spiro atoms. The van der Waals surface area contributed by atoms with Crippen LogP contribution in [0.3, 0.4) is 0 Å². The van der Waals surface area contributed by atoms with E-state index in [4.69, 9.17) is 5.73 Å². The van der Waals surface area contributed by atoms with Crippen molar-refractivity contribution in [3.63, 3.8) is 0 Å². The standard InChI is InChI=1S/C12H18BrN/c1-3-4-5-12(14)10-7-6-9(2)8-11(10)13/h6-8,12H,3-5,14H2,1-2H3/t12-/m1/s1. The van der Waals surface area contributed by atoms with E-state index in [-0.39, 0.29) is 6.04 Å². The molecule has 2 N–H and O–H groups in total. The van der Waals surface area contributed by atoms with E-state index in [1.807, 2.05) is 0 Å². The Labute approximate surface area is 94.8 Å². The maximum absolute atomic E-state index is 6.10. The third-order valence-electron chi connectivity index (χ3n) is 2.42. The Balaban J connectivity index is 2.74. The number of rotatable bonds is 4. The average Bonchev–Trinajstić information content (AvgIpc) is 2.14. The van der Waals surface area contributed by atoms with Gasteiger partial charge in [0.05, 0.1) is 0 Å². The Morgan fingerprint density at radius 2 is 2.14 bits per heavy atom. The molecule has 0 bridgehead atoms. The predicted molar refractivity (Wildman–Crippen MR) is 65.3 cm³/mol. The van der Waals surface area contributed by atoms with Crippen LogP contribution in [-0.4, -0.2) is 0 Å². The molecule has 0 fully saturated rings. The summed E-state index contributed by atoms with van der Waals surface area (Å²) >= 11 is 3.56. The Bertz CT molecular complexity index is 296. The Morgan fingerprint density at radius 1 is 1.43 bits per heavy atom. The van der Waals surface area contributed by atoms with Gasteiger partial charge in [0, 0.05) is 10.5 Å². The smallest absolute Gasteiger partial charge is 0.0306 e. The fourth-order valence-corrected chi connectivity index (χ4v) is 2.30. The first-order valence-electron chi connectivity index (χ1n) is 5.16. The molecular weight excluding hydrogens is 238 g/mol. The minimum Gasteiger partial charge on any atom is -0.324 e. The van der Waals surface area contributed by atoms with Crippen LogP contribution in [0.1, 0.15) is 43.4 Å². The second-order valence-corrected chi connectivity index (χ2v) is 4.63. The molecule has 0 unspecified atom stereocenters. The summed E-state index contributed by atoms with van der Waals surface area (Å²) < 4.78 is 1.14. The van der Waals surface area contributed by atoms with Gasteiger partial charge in [0.15, 0.2) is 0 Å². The van der Waals surface area contributed by atoms with Crippen LogP contribution in [0.25, 0.3) is 0 Å². The van der Waals surface area contributed by atoms with Gasteiger partial charge in [-0.15, -0.1) is 0 Å². The maximum atomic E-state index is 6.10. The molecule has 1 aromatic rings. The lowest BCUT2D eigenvalue weighted by atomic mass is 10.0. The minimum atomic E-state index is 0.171. The van der Waals surface area contributed by atoms with E-state index < -0.39 is 0 Å². The number of aryl methyl sites for hydroxylation is 1. The number of nitrogens with two attached hydrogens (primary N) is 1. The Morgan fingerprint density at radius 3 is 2.71 bits per heavy atom. The van der Waals surface area contributed by atoms with Crippen LogP contribution in [0.2, 0.25) is 0 Å². The SMILES string of the molecule is CCCC[C@@H](N)c1ccc(C)cc1Br. The molecule has 78 valence electrons. The second-order valence-electron chi connectivity index (χ2n) is 3.77. The van der Waals surface area contributed by atoms with Crippen molar-refractivity contribution in [1.29, 1.82) is 0 Å². The van der Waals surface area contributed by atoms with E-state index in [9.17, 15) is 0 Å². The normalized spacial score (nSPS) is 12.9. The predicted octanol–water partition coefficient (Wildman–Crippen LogP) is 3.95. The van der Waals surface area contributed by atoms with Crippen LogP contribution in [0.15, 0.2) is 22.7 Å². The van der Waals surface area contributed by atoms with Gasteiger partial charge in [0.1, 0.15) is 0 Å². The van der Waals surface area contributed by atoms with Crippen molar-refractivity contribution < 1.29 is 0 Å². The number of unbranched alkanes of at least 4 members (excludes halogenated alkanes) is 1. The van der Waals surface area contributed by atoms with Gasteiger partial charge < -0.3 is 5.73 Å². The average molecular weight is 256 g/mol. The molecule has 1 nitrogen and oxygen atoms in total. The van der Waals surface area contributed by atoms with Crippen molar-refractivity contribution in [2.45, 2.75) is 39.2 Å². The highest BCUT2D eigenvalue weighted by molar-refractivity contribution is 9.10. The van der Waals surface area contributed by atoms with Gasteiger partial charge in [0.2, 0.25) is 0 Å². The highest BCUT2D eigenvalue weighted by Crippen LogP contribution is 2.26. The first-order valence-corrected chi connectivity index (χ1v) is 5.96. The summed E-state index contributed by atoms with van der Waals surface area (Å²) in [5.74, 6) is 0. The highest BCUT2D eigenvalue weighted by Gasteiger charge is 2.08. The molecule has 0 saturated carbocycles. The lowest BCUT2D eigenvalue weighted by Gasteiger charge is -2.13. The number of benzene rings is 1. The fraction of sp³-hybridized carbons (Fsp3) is 0.500. The van der Waals surface area contributed by atoms with E-state index in [0.29, 0.717) is 0 Å². The first kappa shape index (κ1) is 11.7. The van der Waals surface area contributed by atoms with Gasteiger partial charge in [-0.25, -0.2) is 0 Å². The van der Waals surface area contributed by atoms with E-state index in [1.165, 1.54) is 24.0 Å². The minimum absolute atomic E-state index is 0.171. The summed E-state index contributed by atoms with van der Waals surface area (Å²) in [6.07, 6.45) is 3.47. The molecule has 1 rings (SSSR count). The van der Waals surface area contributed by atoms with E-state index in [2.05, 4.69) is 48.0 Å². The molecule has 0 heterocycles. The van der Waals surface area contributed by atoms with Crippen LogP contribution in [0.5, 0.6) is 0 Å². The van der Waals surface area contributed by atoms with Crippen LogP contribution < -0.4 is 5.73 Å². The van der Waals surface area contributed by atoms with Crippen LogP contribution in [-0.2, 0) is 0 Å². The fourth-order valence-electron chi connectivity index (χ4n) is 1.51. The number of hydrogen-bond acceptors (Lipinski definition) is 1. The van der Waals surface area contributed by atoms with Crippen LogP contribution in [0.4, 0.5) is 0 Å². The molecule has 0 amide bonds. The van der Waals surface area contributed by atoms with Crippen molar-refractivity contribution in [2.75, 3.05) is 0 Å². The van der Waals surface area contributed by atoms with Crippen molar-refractivity contribution in [3.8, 4) is 0 Å². The van der Waals surface area contributed by atoms with Crippen molar-refractivity contribution in [2.24, 2.45) is 5.73 Å². The number of hydrogen-bond donors (Lipinski definition) is 1. The molecule has 0 aromatic heterocycles. The van der Waals surface area contributed by atoms with Gasteiger partial charge >= 0.3 is 0 Å². The summed E-state index contributed by atoms with van der Waals surface area (Å²) in [4.78, 5) is 0. The molecule has 14 heavy (non-hydrogen) atoms. The number of halogens is 1. The van der Waals surface area contributed by atoms with Gasteiger partial charge in [-0.05, 0) is 30.5 Å². The molecule has 2 heteroatoms. The molecule has 0 aliphatic heterocycles. The van der Waals surface area contributed by atoms with Crippen molar-refractivity contribution in [1.82, 2.24) is 0 Å². The largest absolute Gasteiger partial charge is 0.324 e. The van der Waals surface area contributed by atoms with E-state index in [1.54, 1.807) is 0 Å². The first-order chi connectivity index (χ1) is 6.65. The van der Waals surface area contributed by atoms with E-state index in [0.717, 1.165) is 10.9 Å². The third-order valence-corrected chi connectivity index (χ3v) is 3.11. The summed E-state index contributed by atoms with van der Waals surface area (Å²) in [5, 5.41) is 0. The summed E-state index contributed by atoms with van der Waals surface area (Å²) in [6, 6.07) is 6.54. The van der Waals surface area contributed by atoms with Gasteiger partial charge in [-0.1, -0.05) is 47.8 Å². The zero-order valence-corrected chi connectivity index (χ0v) is 10.5. The highest BCUT2D eigenvalue weighted by atomic mass is 79.9. The zero-order valence-electron chi connectivity index (χ0n) is 8.89. The molecule has 1 aromatic carbocycles. The lowest BCUT2D eigenvalue weighted by Crippen LogP contribution is -2.10. The molecule has 0 radical (unpaired) electrons. The summed E-state index contributed by atoms with van der Waals surface area (Å²) in [7, 11) is 0. The van der Waals surface area contributed by atoms with Crippen LogP contribution in [0, 0.1) is 6.92 Å². The van der Waals surface area contributed by atoms with Crippen molar-refractivity contribution >= 4 is 15.9 Å². The van der Waals surface area contributed by atoms with E-state index >= 15 is 0 Å². The maximum Gasteiger partial charge on any atom is 0.0306 e. The lowest BCUT2D eigenvalue weighted by molar-refractivity contribution is 0.601. The van der Waals surface area contributed by atoms with Gasteiger partial charge in [-0.2, -0.15) is 0 Å². The second kappa shape index (κ2) is 5.52. The Hall–Kier alpha value is -0.340. The topological polar surface area (TPSA) is 26.0 Å². The monoisotopic (exact) mass is 255 g/mol. The zero-order chi connectivity index (χ0) is 10.6. The molecule has 1 atom stereocenters. The molecule has 0 aliphatic carbocycles. The summed E-state index contributed by atoms with van der Waals surface area (Å²) in [6.45, 7) is 4.28. The van der Waals surface area contributed by atoms with Crippen molar-refractivity contribution in [3.05, 3.63) is 33.8 Å². The van der Waals surface area contributed by atoms with Gasteiger partial charge in [0.25, 0.3) is 0 Å². The molecule has 0 saturated heterocycles. The molecular formula is C12H18BrN. The van der Waals surface area contributed by atoms with Gasteiger partial charge in [-0.3, -0.25) is 0 Å².